The molecule has 136 valence electrons. The summed E-state index contributed by atoms with van der Waals surface area (Å²) < 4.78 is 17.6. The first-order chi connectivity index (χ1) is 12.4. The van der Waals surface area contributed by atoms with Gasteiger partial charge in [-0.15, -0.1) is 0 Å². The van der Waals surface area contributed by atoms with Gasteiger partial charge in [0.25, 0.3) is 0 Å². The highest BCUT2D eigenvalue weighted by Crippen LogP contribution is 2.64. The number of hydrogen-bond acceptors (Lipinski definition) is 3. The first-order valence-electron chi connectivity index (χ1n) is 7.79. The maximum absolute atomic E-state index is 6.66. The van der Waals surface area contributed by atoms with Crippen molar-refractivity contribution in [3.8, 4) is 0 Å². The van der Waals surface area contributed by atoms with Gasteiger partial charge in [-0.2, -0.15) is 0 Å². The van der Waals surface area contributed by atoms with E-state index in [1.807, 2.05) is 24.3 Å². The van der Waals surface area contributed by atoms with E-state index in [-0.39, 0.29) is 16.0 Å². The average molecular weight is 432 g/mol. The van der Waals surface area contributed by atoms with Crippen LogP contribution >= 0.6 is 46.4 Å². The van der Waals surface area contributed by atoms with E-state index in [4.69, 9.17) is 60.6 Å². The zero-order valence-electron chi connectivity index (χ0n) is 14.1. The Labute approximate surface area is 171 Å². The van der Waals surface area contributed by atoms with E-state index in [0.29, 0.717) is 27.1 Å². The van der Waals surface area contributed by atoms with Crippen molar-refractivity contribution in [1.82, 2.24) is 0 Å². The molecule has 7 heteroatoms. The SMILES string of the molecule is COC1=C(OC)C2(OC)c3ccccc3C1c1c(Cl)c(Cl)c(Cl)c(Cl)c12. The molecule has 3 aliphatic rings. The Morgan fingerprint density at radius 2 is 1.50 bits per heavy atom. The Bertz CT molecular complexity index is 970. The van der Waals surface area contributed by atoms with Crippen LogP contribution in [0.3, 0.4) is 0 Å². The molecule has 0 radical (unpaired) electrons. The zero-order valence-corrected chi connectivity index (χ0v) is 17.1. The number of allylic oxidation sites excluding steroid dienone is 1. The van der Waals surface area contributed by atoms with Crippen LogP contribution in [0.25, 0.3) is 0 Å². The molecule has 2 bridgehead atoms. The van der Waals surface area contributed by atoms with Gasteiger partial charge in [-0.3, -0.25) is 0 Å². The van der Waals surface area contributed by atoms with Crippen LogP contribution in [-0.4, -0.2) is 21.3 Å². The van der Waals surface area contributed by atoms with Gasteiger partial charge < -0.3 is 14.2 Å². The summed E-state index contributed by atoms with van der Waals surface area (Å²) in [5, 5.41) is 1.03. The summed E-state index contributed by atoms with van der Waals surface area (Å²) in [5.41, 5.74) is 2.15. The molecule has 0 saturated heterocycles. The lowest BCUT2D eigenvalue weighted by atomic mass is 9.63. The molecule has 0 fully saturated rings. The van der Waals surface area contributed by atoms with E-state index in [0.717, 1.165) is 16.7 Å². The van der Waals surface area contributed by atoms with Crippen LogP contribution in [0.5, 0.6) is 0 Å². The van der Waals surface area contributed by atoms with Crippen LogP contribution in [0, 0.1) is 0 Å². The highest BCUT2D eigenvalue weighted by molar-refractivity contribution is 6.52. The van der Waals surface area contributed by atoms with Crippen molar-refractivity contribution in [2.24, 2.45) is 0 Å². The smallest absolute Gasteiger partial charge is 0.180 e. The summed E-state index contributed by atoms with van der Waals surface area (Å²) >= 11 is 26.0. The van der Waals surface area contributed by atoms with Crippen molar-refractivity contribution < 1.29 is 14.2 Å². The molecule has 2 atom stereocenters. The fourth-order valence-corrected chi connectivity index (χ4v) is 5.31. The fourth-order valence-electron chi connectivity index (χ4n) is 4.20. The van der Waals surface area contributed by atoms with E-state index in [9.17, 15) is 0 Å². The van der Waals surface area contributed by atoms with Gasteiger partial charge in [0.15, 0.2) is 11.4 Å². The molecule has 2 aromatic carbocycles. The van der Waals surface area contributed by atoms with E-state index in [2.05, 4.69) is 0 Å². The van der Waals surface area contributed by atoms with Gasteiger partial charge in [0.1, 0.15) is 5.76 Å². The predicted octanol–water partition coefficient (Wildman–Crippen LogP) is 6.15. The molecule has 0 N–H and O–H groups in total. The first-order valence-corrected chi connectivity index (χ1v) is 9.30. The Kier molecular flexibility index (Phi) is 4.37. The van der Waals surface area contributed by atoms with Gasteiger partial charge in [-0.1, -0.05) is 70.7 Å². The van der Waals surface area contributed by atoms with E-state index in [1.165, 1.54) is 0 Å². The quantitative estimate of drug-likeness (QED) is 0.430. The second kappa shape index (κ2) is 6.22. The van der Waals surface area contributed by atoms with Crippen LogP contribution in [-0.2, 0) is 19.8 Å². The third-order valence-corrected chi connectivity index (χ3v) is 6.95. The van der Waals surface area contributed by atoms with Crippen LogP contribution in [0.2, 0.25) is 20.1 Å². The standard InChI is InChI=1S/C19H14Cl4O3/c1-24-17-10-8-6-4-5-7-9(8)19(26-3,18(17)25-2)12-11(10)13(20)15(22)16(23)14(12)21/h4-7,10H,1-3H3. The molecule has 0 spiro atoms. The van der Waals surface area contributed by atoms with Crippen molar-refractivity contribution in [3.05, 3.63) is 78.1 Å². The summed E-state index contributed by atoms with van der Waals surface area (Å²) in [6.45, 7) is 0. The number of hydrogen-bond donors (Lipinski definition) is 0. The number of benzene rings is 2. The van der Waals surface area contributed by atoms with Crippen molar-refractivity contribution in [2.75, 3.05) is 21.3 Å². The van der Waals surface area contributed by atoms with Gasteiger partial charge in [0.05, 0.1) is 40.2 Å². The molecule has 0 aliphatic heterocycles. The fraction of sp³-hybridized carbons (Fsp3) is 0.263. The Morgan fingerprint density at radius 1 is 0.846 bits per heavy atom. The largest absolute Gasteiger partial charge is 0.496 e. The molecule has 26 heavy (non-hydrogen) atoms. The van der Waals surface area contributed by atoms with Crippen LogP contribution in [0.1, 0.15) is 28.2 Å². The molecular weight excluding hydrogens is 418 g/mol. The second-order valence-electron chi connectivity index (χ2n) is 6.05. The number of methoxy groups -OCH3 is 3. The lowest BCUT2D eigenvalue weighted by molar-refractivity contribution is -0.0126. The van der Waals surface area contributed by atoms with Gasteiger partial charge in [0.2, 0.25) is 0 Å². The summed E-state index contributed by atoms with van der Waals surface area (Å²) in [5.74, 6) is 0.810. The van der Waals surface area contributed by atoms with Crippen LogP contribution in [0.15, 0.2) is 35.8 Å². The Morgan fingerprint density at radius 3 is 2.12 bits per heavy atom. The molecule has 0 heterocycles. The van der Waals surface area contributed by atoms with Gasteiger partial charge in [-0.05, 0) is 11.1 Å². The summed E-state index contributed by atoms with van der Waals surface area (Å²) in [7, 11) is 4.75. The summed E-state index contributed by atoms with van der Waals surface area (Å²) in [6.07, 6.45) is 0. The molecule has 3 aliphatic carbocycles. The number of ether oxygens (including phenoxy) is 3. The van der Waals surface area contributed by atoms with Crippen molar-refractivity contribution in [2.45, 2.75) is 11.5 Å². The van der Waals surface area contributed by atoms with Gasteiger partial charge >= 0.3 is 0 Å². The van der Waals surface area contributed by atoms with Crippen molar-refractivity contribution >= 4 is 46.4 Å². The number of rotatable bonds is 3. The predicted molar refractivity (Wildman–Crippen MR) is 104 cm³/mol. The molecule has 5 rings (SSSR count). The zero-order chi connectivity index (χ0) is 18.8. The molecule has 0 amide bonds. The maximum atomic E-state index is 6.66. The van der Waals surface area contributed by atoms with E-state index >= 15 is 0 Å². The lowest BCUT2D eigenvalue weighted by Gasteiger charge is -2.49. The summed E-state index contributed by atoms with van der Waals surface area (Å²) in [4.78, 5) is 0. The van der Waals surface area contributed by atoms with Crippen LogP contribution < -0.4 is 0 Å². The minimum absolute atomic E-state index is 0.188. The molecule has 0 aromatic heterocycles. The maximum Gasteiger partial charge on any atom is 0.180 e. The number of halogens is 4. The molecular formula is C19H14Cl4O3. The third-order valence-electron chi connectivity index (χ3n) is 5.13. The third kappa shape index (κ3) is 1.96. The normalized spacial score (nSPS) is 23.0. The first kappa shape index (κ1) is 18.3. The molecule has 2 unspecified atom stereocenters. The topological polar surface area (TPSA) is 27.7 Å². The van der Waals surface area contributed by atoms with Crippen LogP contribution in [0.4, 0.5) is 0 Å². The average Bonchev–Trinajstić information content (AvgIpc) is 2.68. The molecule has 2 aromatic rings. The van der Waals surface area contributed by atoms with Gasteiger partial charge in [0, 0.05) is 18.2 Å². The van der Waals surface area contributed by atoms with E-state index in [1.54, 1.807) is 21.3 Å². The minimum atomic E-state index is -1.13. The monoisotopic (exact) mass is 430 g/mol. The Balaban J connectivity index is 2.26. The van der Waals surface area contributed by atoms with Crippen molar-refractivity contribution in [1.29, 1.82) is 0 Å². The van der Waals surface area contributed by atoms with Gasteiger partial charge in [-0.25, -0.2) is 0 Å². The highest BCUT2D eigenvalue weighted by Gasteiger charge is 2.58. The highest BCUT2D eigenvalue weighted by atomic mass is 35.5. The molecule has 3 nitrogen and oxygen atoms in total. The van der Waals surface area contributed by atoms with Crippen molar-refractivity contribution in [3.63, 3.8) is 0 Å². The minimum Gasteiger partial charge on any atom is -0.496 e. The second-order valence-corrected chi connectivity index (χ2v) is 7.56. The summed E-state index contributed by atoms with van der Waals surface area (Å²) in [6, 6.07) is 7.88. The van der Waals surface area contributed by atoms with E-state index < -0.39 is 5.60 Å². The molecule has 0 saturated carbocycles. The Hall–Kier alpha value is -1.10. The lowest BCUT2D eigenvalue weighted by Crippen LogP contribution is -2.45.